The fourth-order valence-electron chi connectivity index (χ4n) is 3.02. The lowest BCUT2D eigenvalue weighted by atomic mass is 10.0. The van der Waals surface area contributed by atoms with Crippen molar-refractivity contribution >= 4 is 5.71 Å². The highest BCUT2D eigenvalue weighted by Crippen LogP contribution is 2.26. The molecule has 0 saturated heterocycles. The van der Waals surface area contributed by atoms with Crippen molar-refractivity contribution in [3.63, 3.8) is 0 Å². The van der Waals surface area contributed by atoms with Gasteiger partial charge in [0.25, 0.3) is 0 Å². The highest BCUT2D eigenvalue weighted by Gasteiger charge is 2.23. The van der Waals surface area contributed by atoms with Crippen LogP contribution in [-0.4, -0.2) is 20.5 Å². The first-order valence-electron chi connectivity index (χ1n) is 8.34. The summed E-state index contributed by atoms with van der Waals surface area (Å²) in [6.45, 7) is 2.51. The summed E-state index contributed by atoms with van der Waals surface area (Å²) in [7, 11) is 0. The van der Waals surface area contributed by atoms with Gasteiger partial charge in [-0.15, -0.1) is 10.2 Å². The lowest BCUT2D eigenvalue weighted by Gasteiger charge is -2.13. The second kappa shape index (κ2) is 6.92. The lowest BCUT2D eigenvalue weighted by Crippen LogP contribution is -2.10. The highest BCUT2D eigenvalue weighted by molar-refractivity contribution is 6.15. The molecule has 0 fully saturated rings. The van der Waals surface area contributed by atoms with Gasteiger partial charge >= 0.3 is 0 Å². The Morgan fingerprint density at radius 1 is 1.15 bits per heavy atom. The van der Waals surface area contributed by atoms with Gasteiger partial charge in [-0.2, -0.15) is 0 Å². The molecular weight excluding hydrogens is 331 g/mol. The van der Waals surface area contributed by atoms with Crippen LogP contribution in [0.4, 0.5) is 4.39 Å². The summed E-state index contributed by atoms with van der Waals surface area (Å²) in [4.78, 5) is 4.70. The van der Waals surface area contributed by atoms with Gasteiger partial charge in [0.1, 0.15) is 19.0 Å². The number of benzene rings is 2. The molecule has 0 atom stereocenters. The molecular formula is C20H17FN4O. The molecule has 0 bridgehead atoms. The minimum atomic E-state index is -0.310. The number of allylic oxidation sites excluding steroid dienone is 1. The second-order valence-corrected chi connectivity index (χ2v) is 5.84. The molecule has 26 heavy (non-hydrogen) atoms. The summed E-state index contributed by atoms with van der Waals surface area (Å²) in [6.07, 6.45) is 3.41. The third-order valence-corrected chi connectivity index (χ3v) is 4.12. The Kier molecular flexibility index (Phi) is 4.31. The van der Waals surface area contributed by atoms with E-state index in [2.05, 4.69) is 10.2 Å². The molecule has 1 aliphatic heterocycles. The van der Waals surface area contributed by atoms with E-state index >= 15 is 0 Å². The lowest BCUT2D eigenvalue weighted by molar-refractivity contribution is 0.225. The van der Waals surface area contributed by atoms with E-state index in [9.17, 15) is 4.39 Å². The number of ether oxygens (including phenoxy) is 1. The van der Waals surface area contributed by atoms with Crippen molar-refractivity contribution in [3.8, 4) is 5.69 Å². The van der Waals surface area contributed by atoms with Gasteiger partial charge in [0.2, 0.25) is 0 Å². The Hall–Kier alpha value is -3.28. The predicted molar refractivity (Wildman–Crippen MR) is 96.7 cm³/mol. The second-order valence-electron chi connectivity index (χ2n) is 5.84. The molecule has 3 aromatic rings. The molecule has 0 amide bonds. The Morgan fingerprint density at radius 3 is 2.81 bits per heavy atom. The van der Waals surface area contributed by atoms with Crippen LogP contribution in [0.15, 0.2) is 65.9 Å². The monoisotopic (exact) mass is 348 g/mol. The normalized spacial score (nSPS) is 13.1. The largest absolute Gasteiger partial charge is 0.494 e. The number of rotatable bonds is 4. The number of nitrogens with zero attached hydrogens (tertiary/aromatic N) is 4. The van der Waals surface area contributed by atoms with Gasteiger partial charge in [-0.3, -0.25) is 9.56 Å². The van der Waals surface area contributed by atoms with E-state index in [-0.39, 0.29) is 12.4 Å². The zero-order valence-electron chi connectivity index (χ0n) is 14.3. The summed E-state index contributed by atoms with van der Waals surface area (Å²) in [6, 6.07) is 14.4. The predicted octanol–water partition coefficient (Wildman–Crippen LogP) is 3.81. The number of fused-ring (bicyclic) bond motifs is 3. The molecule has 0 unspecified atom stereocenters. The van der Waals surface area contributed by atoms with Crippen molar-refractivity contribution in [2.24, 2.45) is 4.99 Å². The number of halogens is 1. The van der Waals surface area contributed by atoms with Crippen molar-refractivity contribution in [1.82, 2.24) is 14.8 Å². The summed E-state index contributed by atoms with van der Waals surface area (Å²) >= 11 is 0. The maximum atomic E-state index is 14.0. The van der Waals surface area contributed by atoms with Crippen molar-refractivity contribution in [2.75, 3.05) is 0 Å². The van der Waals surface area contributed by atoms with Crippen LogP contribution in [0.25, 0.3) is 5.69 Å². The Morgan fingerprint density at radius 2 is 2.00 bits per heavy atom. The van der Waals surface area contributed by atoms with Gasteiger partial charge in [0.05, 0.1) is 17.7 Å². The molecule has 0 spiro atoms. The summed E-state index contributed by atoms with van der Waals surface area (Å²) in [5.41, 5.74) is 3.18. The quantitative estimate of drug-likeness (QED) is 0.674. The van der Waals surface area contributed by atoms with Crippen LogP contribution in [0, 0.1) is 5.82 Å². The molecule has 6 heteroatoms. The first-order chi connectivity index (χ1) is 12.8. The summed E-state index contributed by atoms with van der Waals surface area (Å²) < 4.78 is 21.4. The first kappa shape index (κ1) is 16.2. The average Bonchev–Trinajstić information content (AvgIpc) is 2.98. The maximum Gasteiger partial charge on any atom is 0.175 e. The zero-order valence-corrected chi connectivity index (χ0v) is 14.3. The Balaban J connectivity index is 1.87. The van der Waals surface area contributed by atoms with Crippen LogP contribution in [0.5, 0.6) is 0 Å². The van der Waals surface area contributed by atoms with Gasteiger partial charge in [0, 0.05) is 11.1 Å². The van der Waals surface area contributed by atoms with Crippen LogP contribution in [0.2, 0.25) is 0 Å². The topological polar surface area (TPSA) is 52.3 Å². The van der Waals surface area contributed by atoms with Gasteiger partial charge in [-0.1, -0.05) is 36.4 Å². The molecule has 2 heterocycles. The third-order valence-electron chi connectivity index (χ3n) is 4.12. The average molecular weight is 348 g/mol. The molecule has 4 rings (SSSR count). The van der Waals surface area contributed by atoms with Crippen molar-refractivity contribution in [2.45, 2.75) is 20.1 Å². The van der Waals surface area contributed by atoms with E-state index in [1.165, 1.54) is 12.1 Å². The number of aromatic nitrogens is 3. The molecule has 1 aliphatic rings. The molecule has 0 aliphatic carbocycles. The number of hydrogen-bond donors (Lipinski definition) is 0. The van der Waals surface area contributed by atoms with Crippen molar-refractivity contribution in [1.29, 1.82) is 0 Å². The van der Waals surface area contributed by atoms with Crippen LogP contribution < -0.4 is 0 Å². The fraction of sp³-hybridized carbons (Fsp3) is 0.150. The van der Waals surface area contributed by atoms with E-state index in [1.807, 2.05) is 41.8 Å². The van der Waals surface area contributed by atoms with Crippen LogP contribution >= 0.6 is 0 Å². The highest BCUT2D eigenvalue weighted by atomic mass is 19.1. The Labute approximate surface area is 150 Å². The fourth-order valence-corrected chi connectivity index (χ4v) is 3.02. The van der Waals surface area contributed by atoms with E-state index < -0.39 is 0 Å². The minimum Gasteiger partial charge on any atom is -0.494 e. The van der Waals surface area contributed by atoms with Crippen molar-refractivity contribution < 1.29 is 9.13 Å². The van der Waals surface area contributed by atoms with Crippen LogP contribution in [-0.2, 0) is 17.9 Å². The molecule has 0 N–H and O–H groups in total. The SMILES string of the molecule is CC=COCc1nnc2n1-c1ccc(F)cc1C(c1ccccc1)=NC2. The van der Waals surface area contributed by atoms with Gasteiger partial charge in [0.15, 0.2) is 11.6 Å². The molecule has 0 radical (unpaired) electrons. The number of hydrogen-bond acceptors (Lipinski definition) is 4. The first-order valence-corrected chi connectivity index (χ1v) is 8.34. The van der Waals surface area contributed by atoms with E-state index in [0.29, 0.717) is 23.8 Å². The minimum absolute atomic E-state index is 0.273. The van der Waals surface area contributed by atoms with Gasteiger partial charge in [-0.25, -0.2) is 4.39 Å². The molecule has 2 aromatic carbocycles. The van der Waals surface area contributed by atoms with E-state index in [1.54, 1.807) is 18.4 Å². The summed E-state index contributed by atoms with van der Waals surface area (Å²) in [5, 5.41) is 8.47. The third kappa shape index (κ3) is 2.90. The molecule has 1 aromatic heterocycles. The molecule has 0 saturated carbocycles. The molecule has 5 nitrogen and oxygen atoms in total. The standard InChI is InChI=1S/C20H17FN4O/c1-2-10-26-13-19-24-23-18-12-22-20(14-6-4-3-5-7-14)16-11-15(21)8-9-17(16)25(18)19/h2-11H,12-13H2,1H3. The van der Waals surface area contributed by atoms with Crippen LogP contribution in [0.3, 0.4) is 0 Å². The molecule has 130 valence electrons. The van der Waals surface area contributed by atoms with E-state index in [4.69, 9.17) is 9.73 Å². The van der Waals surface area contributed by atoms with Crippen molar-refractivity contribution in [3.05, 3.63) is 89.5 Å². The van der Waals surface area contributed by atoms with Gasteiger partial charge in [-0.05, 0) is 25.1 Å². The van der Waals surface area contributed by atoms with Crippen LogP contribution in [0.1, 0.15) is 29.7 Å². The van der Waals surface area contributed by atoms with E-state index in [0.717, 1.165) is 17.0 Å². The summed E-state index contributed by atoms with van der Waals surface area (Å²) in [5.74, 6) is 1.04. The zero-order chi connectivity index (χ0) is 17.9. The Bertz CT molecular complexity index is 992. The smallest absolute Gasteiger partial charge is 0.175 e. The maximum absolute atomic E-state index is 14.0. The van der Waals surface area contributed by atoms with Gasteiger partial charge < -0.3 is 4.74 Å². The number of aliphatic imine (C=N–C) groups is 1.